The standard InChI is InChI=1S/C15H8F3N3O6/c16-15(17,18)12-2-1-7(5-20(12)24)14-19-9(6-27-14)8-3-10(21(25)26)13(23)11(22)4-8/h1-6,22-23H. The van der Waals surface area contributed by atoms with E-state index in [1.807, 2.05) is 0 Å². The average Bonchev–Trinajstić information content (AvgIpc) is 3.05. The molecule has 3 aromatic rings. The molecule has 2 aromatic heterocycles. The number of oxazole rings is 1. The van der Waals surface area contributed by atoms with Gasteiger partial charge in [-0.3, -0.25) is 10.1 Å². The average molecular weight is 383 g/mol. The lowest BCUT2D eigenvalue weighted by molar-refractivity contribution is -0.628. The highest BCUT2D eigenvalue weighted by atomic mass is 19.4. The second-order valence-corrected chi connectivity index (χ2v) is 5.28. The largest absolute Gasteiger partial charge is 0.618 e. The molecule has 0 atom stereocenters. The number of hydrogen-bond acceptors (Lipinski definition) is 7. The summed E-state index contributed by atoms with van der Waals surface area (Å²) in [6.45, 7) is 0. The normalized spacial score (nSPS) is 11.5. The minimum atomic E-state index is -4.83. The first-order valence-corrected chi connectivity index (χ1v) is 7.05. The van der Waals surface area contributed by atoms with Crippen LogP contribution in [-0.2, 0) is 6.18 Å². The summed E-state index contributed by atoms with van der Waals surface area (Å²) in [6.07, 6.45) is -3.18. The third-order valence-corrected chi connectivity index (χ3v) is 3.52. The first-order valence-electron chi connectivity index (χ1n) is 7.05. The van der Waals surface area contributed by atoms with Crippen molar-refractivity contribution in [2.24, 2.45) is 0 Å². The smallest absolute Gasteiger partial charge is 0.478 e. The van der Waals surface area contributed by atoms with E-state index < -0.39 is 34.0 Å². The highest BCUT2D eigenvalue weighted by Crippen LogP contribution is 2.39. The number of nitrogens with zero attached hydrogens (tertiary/aromatic N) is 3. The molecule has 2 N–H and O–H groups in total. The number of aromatic nitrogens is 2. The van der Waals surface area contributed by atoms with Crippen molar-refractivity contribution < 1.29 is 37.5 Å². The number of benzene rings is 1. The molecule has 12 heteroatoms. The maximum Gasteiger partial charge on any atom is 0.478 e. The molecule has 0 amide bonds. The Hall–Kier alpha value is -3.83. The minimum Gasteiger partial charge on any atom is -0.618 e. The quantitative estimate of drug-likeness (QED) is 0.233. The molecule has 0 aliphatic carbocycles. The number of halogens is 3. The van der Waals surface area contributed by atoms with Crippen LogP contribution in [0.1, 0.15) is 5.69 Å². The third-order valence-electron chi connectivity index (χ3n) is 3.52. The summed E-state index contributed by atoms with van der Waals surface area (Å²) in [7, 11) is 0. The van der Waals surface area contributed by atoms with Gasteiger partial charge in [0, 0.05) is 17.7 Å². The molecule has 2 heterocycles. The number of nitro groups is 1. The highest BCUT2D eigenvalue weighted by Gasteiger charge is 2.39. The van der Waals surface area contributed by atoms with Gasteiger partial charge in [0.1, 0.15) is 17.5 Å². The predicted octanol–water partition coefficient (Wildman–Crippen LogP) is 2.98. The fraction of sp³-hybridized carbons (Fsp3) is 0.0667. The van der Waals surface area contributed by atoms with Gasteiger partial charge in [-0.2, -0.15) is 17.9 Å². The summed E-state index contributed by atoms with van der Waals surface area (Å²) >= 11 is 0. The van der Waals surface area contributed by atoms with E-state index in [0.717, 1.165) is 24.5 Å². The molecule has 0 radical (unpaired) electrons. The van der Waals surface area contributed by atoms with E-state index in [0.29, 0.717) is 12.3 Å². The molecular weight excluding hydrogens is 375 g/mol. The molecule has 0 fully saturated rings. The van der Waals surface area contributed by atoms with Gasteiger partial charge in [-0.1, -0.05) is 0 Å². The van der Waals surface area contributed by atoms with E-state index in [2.05, 4.69) is 4.98 Å². The van der Waals surface area contributed by atoms with Gasteiger partial charge in [0.05, 0.1) is 4.92 Å². The third kappa shape index (κ3) is 3.31. The Morgan fingerprint density at radius 3 is 2.48 bits per heavy atom. The van der Waals surface area contributed by atoms with Gasteiger partial charge in [0.15, 0.2) is 11.9 Å². The number of pyridine rings is 1. The second kappa shape index (κ2) is 6.16. The molecule has 140 valence electrons. The number of phenols is 2. The molecular formula is C15H8F3N3O6. The topological polar surface area (TPSA) is 137 Å². The molecule has 0 spiro atoms. The number of rotatable bonds is 3. The van der Waals surface area contributed by atoms with Crippen LogP contribution in [0.2, 0.25) is 0 Å². The Kier molecular flexibility index (Phi) is 4.10. The van der Waals surface area contributed by atoms with Crippen LogP contribution in [0.15, 0.2) is 41.1 Å². The van der Waals surface area contributed by atoms with Gasteiger partial charge in [0.2, 0.25) is 11.6 Å². The van der Waals surface area contributed by atoms with Crippen LogP contribution < -0.4 is 4.73 Å². The van der Waals surface area contributed by atoms with Crippen molar-refractivity contribution >= 4 is 5.69 Å². The number of hydrogen-bond donors (Lipinski definition) is 2. The second-order valence-electron chi connectivity index (χ2n) is 5.28. The van der Waals surface area contributed by atoms with Crippen molar-refractivity contribution in [1.82, 2.24) is 4.98 Å². The van der Waals surface area contributed by atoms with E-state index in [1.54, 1.807) is 0 Å². The number of alkyl halides is 3. The van der Waals surface area contributed by atoms with Crippen molar-refractivity contribution in [3.8, 4) is 34.2 Å². The first kappa shape index (κ1) is 18.0. The van der Waals surface area contributed by atoms with Crippen molar-refractivity contribution in [3.63, 3.8) is 0 Å². The van der Waals surface area contributed by atoms with Crippen LogP contribution in [0.3, 0.4) is 0 Å². The van der Waals surface area contributed by atoms with E-state index in [1.165, 1.54) is 0 Å². The summed E-state index contributed by atoms with van der Waals surface area (Å²) in [4.78, 5) is 13.9. The summed E-state index contributed by atoms with van der Waals surface area (Å²) in [5.41, 5.74) is -2.27. The molecule has 1 aromatic carbocycles. The van der Waals surface area contributed by atoms with Crippen LogP contribution in [0.5, 0.6) is 11.5 Å². The van der Waals surface area contributed by atoms with Gasteiger partial charge in [-0.15, -0.1) is 0 Å². The maximum absolute atomic E-state index is 12.6. The Morgan fingerprint density at radius 2 is 1.89 bits per heavy atom. The van der Waals surface area contributed by atoms with E-state index >= 15 is 0 Å². The van der Waals surface area contributed by atoms with Crippen LogP contribution in [-0.4, -0.2) is 20.1 Å². The molecule has 0 unspecified atom stereocenters. The SMILES string of the molecule is O=[N+]([O-])c1cc(-c2coc(-c3ccc(C(F)(F)F)[n+]([O-])c3)n2)cc(O)c1O. The highest BCUT2D eigenvalue weighted by molar-refractivity contribution is 5.70. The number of phenolic OH excluding ortho intramolecular Hbond substituents is 2. The van der Waals surface area contributed by atoms with E-state index in [9.17, 15) is 38.7 Å². The molecule has 0 bridgehead atoms. The van der Waals surface area contributed by atoms with Crippen molar-refractivity contribution in [2.75, 3.05) is 0 Å². The first-order chi connectivity index (χ1) is 12.6. The lowest BCUT2D eigenvalue weighted by Crippen LogP contribution is -2.36. The molecule has 0 aliphatic rings. The van der Waals surface area contributed by atoms with Crippen LogP contribution in [0, 0.1) is 15.3 Å². The Morgan fingerprint density at radius 1 is 1.19 bits per heavy atom. The zero-order chi connectivity index (χ0) is 19.9. The number of aromatic hydroxyl groups is 2. The monoisotopic (exact) mass is 383 g/mol. The van der Waals surface area contributed by atoms with Crippen LogP contribution in [0.25, 0.3) is 22.7 Å². The molecule has 3 rings (SSSR count). The Bertz CT molecular complexity index is 1050. The molecule has 0 saturated carbocycles. The van der Waals surface area contributed by atoms with Gasteiger partial charge in [-0.25, -0.2) is 4.98 Å². The zero-order valence-electron chi connectivity index (χ0n) is 13.0. The van der Waals surface area contributed by atoms with Crippen LogP contribution in [0.4, 0.5) is 18.9 Å². The fourth-order valence-electron chi connectivity index (χ4n) is 2.26. The maximum atomic E-state index is 12.6. The predicted molar refractivity (Wildman–Crippen MR) is 81.3 cm³/mol. The van der Waals surface area contributed by atoms with Crippen molar-refractivity contribution in [2.45, 2.75) is 6.18 Å². The Balaban J connectivity index is 2.01. The summed E-state index contributed by atoms with van der Waals surface area (Å²) in [6, 6.07) is 3.45. The van der Waals surface area contributed by atoms with E-state index in [4.69, 9.17) is 4.42 Å². The van der Waals surface area contributed by atoms with Gasteiger partial charge < -0.3 is 19.8 Å². The lowest BCUT2D eigenvalue weighted by atomic mass is 10.1. The van der Waals surface area contributed by atoms with E-state index in [-0.39, 0.29) is 27.4 Å². The summed E-state index contributed by atoms with van der Waals surface area (Å²) < 4.78 is 42.6. The number of nitro benzene ring substituents is 1. The van der Waals surface area contributed by atoms with Gasteiger partial charge in [0.25, 0.3) is 5.69 Å². The molecule has 27 heavy (non-hydrogen) atoms. The van der Waals surface area contributed by atoms with Gasteiger partial charge >= 0.3 is 11.9 Å². The summed E-state index contributed by atoms with van der Waals surface area (Å²) in [5, 5.41) is 41.5. The van der Waals surface area contributed by atoms with Crippen molar-refractivity contribution in [1.29, 1.82) is 0 Å². The fourth-order valence-corrected chi connectivity index (χ4v) is 2.26. The molecule has 0 saturated heterocycles. The van der Waals surface area contributed by atoms with Gasteiger partial charge in [-0.05, 0) is 12.1 Å². The van der Waals surface area contributed by atoms with Crippen LogP contribution >= 0.6 is 0 Å². The lowest BCUT2D eigenvalue weighted by Gasteiger charge is -2.07. The minimum absolute atomic E-state index is 0.00825. The molecule has 0 aliphatic heterocycles. The van der Waals surface area contributed by atoms with Crippen molar-refractivity contribution in [3.05, 3.63) is 57.7 Å². The summed E-state index contributed by atoms with van der Waals surface area (Å²) in [5.74, 6) is -1.92. The molecule has 9 nitrogen and oxygen atoms in total. The Labute approximate surface area is 147 Å². The zero-order valence-corrected chi connectivity index (χ0v) is 13.0.